The number of hydrogen-bond acceptors (Lipinski definition) is 7. The molecule has 2 aliphatic heterocycles. The Bertz CT molecular complexity index is 847. The number of aromatic nitrogens is 1. The van der Waals surface area contributed by atoms with E-state index < -0.39 is 11.2 Å². The number of amides is 2. The molecule has 0 aromatic carbocycles. The maximum Gasteiger partial charge on any atom is 0.410 e. The number of ether oxygens (including phenoxy) is 1. The molecule has 1 spiro atoms. The van der Waals surface area contributed by atoms with Crippen molar-refractivity contribution in [3.8, 4) is 0 Å². The minimum Gasteiger partial charge on any atom is -0.444 e. The van der Waals surface area contributed by atoms with E-state index >= 15 is 0 Å². The van der Waals surface area contributed by atoms with Gasteiger partial charge in [0.15, 0.2) is 0 Å². The lowest BCUT2D eigenvalue weighted by molar-refractivity contribution is -0.115. The minimum atomic E-state index is -0.515. The second-order valence-electron chi connectivity index (χ2n) is 9.57. The summed E-state index contributed by atoms with van der Waals surface area (Å²) in [6.07, 6.45) is 3.64. The predicted molar refractivity (Wildman–Crippen MR) is 113 cm³/mol. The first-order valence-electron chi connectivity index (χ1n) is 10.6. The molecule has 1 aromatic rings. The van der Waals surface area contributed by atoms with Gasteiger partial charge in [-0.05, 0) is 46.5 Å². The standard InChI is InChI=1S/C21H30N4O4S/c1-13-12-30-18(22-13)16(14-5-6-14)23-17(26)15-11-21(29-24-15)7-9-25(10-8-21)19(27)28-20(2,3)4/h12,14,16H,5-11H2,1-4H3,(H,23,26)/t16-/m1/s1. The topological polar surface area (TPSA) is 93.1 Å². The summed E-state index contributed by atoms with van der Waals surface area (Å²) in [7, 11) is 0. The molecule has 1 atom stereocenters. The van der Waals surface area contributed by atoms with Crippen molar-refractivity contribution in [2.45, 2.75) is 77.0 Å². The van der Waals surface area contributed by atoms with Gasteiger partial charge in [0.05, 0.1) is 6.04 Å². The fourth-order valence-electron chi connectivity index (χ4n) is 3.89. The molecule has 0 bridgehead atoms. The van der Waals surface area contributed by atoms with Crippen LogP contribution in [0.15, 0.2) is 10.5 Å². The van der Waals surface area contributed by atoms with Crippen molar-refractivity contribution < 1.29 is 19.2 Å². The van der Waals surface area contributed by atoms with Gasteiger partial charge in [0, 0.05) is 43.4 Å². The number of rotatable bonds is 4. The maximum atomic E-state index is 12.9. The Balaban J connectivity index is 1.32. The highest BCUT2D eigenvalue weighted by Gasteiger charge is 2.46. The summed E-state index contributed by atoms with van der Waals surface area (Å²) < 4.78 is 5.45. The molecule has 3 aliphatic rings. The van der Waals surface area contributed by atoms with Crippen LogP contribution in [0.25, 0.3) is 0 Å². The summed E-state index contributed by atoms with van der Waals surface area (Å²) in [5, 5.41) is 10.2. The lowest BCUT2D eigenvalue weighted by atomic mass is 9.87. The van der Waals surface area contributed by atoms with Gasteiger partial charge in [0.1, 0.15) is 21.9 Å². The molecule has 2 fully saturated rings. The monoisotopic (exact) mass is 434 g/mol. The molecular formula is C21H30N4O4S. The van der Waals surface area contributed by atoms with E-state index in [0.29, 0.717) is 44.0 Å². The van der Waals surface area contributed by atoms with Gasteiger partial charge < -0.3 is 19.8 Å². The number of oxime groups is 1. The van der Waals surface area contributed by atoms with Gasteiger partial charge in [-0.25, -0.2) is 9.78 Å². The Morgan fingerprint density at radius 1 is 1.33 bits per heavy atom. The van der Waals surface area contributed by atoms with E-state index in [-0.39, 0.29) is 18.0 Å². The largest absolute Gasteiger partial charge is 0.444 e. The molecule has 1 aliphatic carbocycles. The van der Waals surface area contributed by atoms with Gasteiger partial charge in [-0.1, -0.05) is 5.16 Å². The van der Waals surface area contributed by atoms with Crippen LogP contribution in [-0.2, 0) is 14.4 Å². The van der Waals surface area contributed by atoms with E-state index in [4.69, 9.17) is 9.57 Å². The van der Waals surface area contributed by atoms with Crippen LogP contribution in [0.1, 0.15) is 69.6 Å². The van der Waals surface area contributed by atoms with Gasteiger partial charge in [-0.3, -0.25) is 4.79 Å². The molecule has 9 heteroatoms. The number of nitrogens with zero attached hydrogens (tertiary/aromatic N) is 3. The molecule has 1 saturated carbocycles. The molecule has 1 aromatic heterocycles. The van der Waals surface area contributed by atoms with Crippen molar-refractivity contribution in [2.75, 3.05) is 13.1 Å². The molecule has 3 heterocycles. The van der Waals surface area contributed by atoms with Crippen LogP contribution in [0.2, 0.25) is 0 Å². The Labute approximate surface area is 181 Å². The van der Waals surface area contributed by atoms with Crippen molar-refractivity contribution in [1.29, 1.82) is 0 Å². The van der Waals surface area contributed by atoms with Gasteiger partial charge in [0.25, 0.3) is 5.91 Å². The van der Waals surface area contributed by atoms with Crippen LogP contribution in [0.5, 0.6) is 0 Å². The Kier molecular flexibility index (Phi) is 5.50. The first kappa shape index (κ1) is 21.1. The van der Waals surface area contributed by atoms with E-state index in [0.717, 1.165) is 23.5 Å². The number of carbonyl (C=O) groups excluding carboxylic acids is 2. The predicted octanol–water partition coefficient (Wildman–Crippen LogP) is 3.56. The van der Waals surface area contributed by atoms with Crippen LogP contribution < -0.4 is 5.32 Å². The van der Waals surface area contributed by atoms with E-state index in [1.54, 1.807) is 16.2 Å². The first-order chi connectivity index (χ1) is 14.1. The molecule has 30 heavy (non-hydrogen) atoms. The molecular weight excluding hydrogens is 404 g/mol. The third-order valence-corrected chi connectivity index (χ3v) is 6.76. The molecule has 0 unspecified atom stereocenters. The van der Waals surface area contributed by atoms with Crippen LogP contribution in [-0.4, -0.2) is 51.9 Å². The number of thiazole rings is 1. The molecule has 1 N–H and O–H groups in total. The molecule has 1 saturated heterocycles. The van der Waals surface area contributed by atoms with E-state index in [1.165, 1.54) is 0 Å². The van der Waals surface area contributed by atoms with Crippen LogP contribution in [0.3, 0.4) is 0 Å². The minimum absolute atomic E-state index is 0.0514. The zero-order valence-electron chi connectivity index (χ0n) is 18.1. The van der Waals surface area contributed by atoms with Gasteiger partial charge in [0.2, 0.25) is 0 Å². The lowest BCUT2D eigenvalue weighted by Gasteiger charge is -2.37. The quantitative estimate of drug-likeness (QED) is 0.782. The summed E-state index contributed by atoms with van der Waals surface area (Å²) in [6, 6.07) is -0.0514. The number of hydrogen-bond donors (Lipinski definition) is 1. The fraction of sp³-hybridized carbons (Fsp3) is 0.714. The zero-order valence-corrected chi connectivity index (χ0v) is 18.9. The smallest absolute Gasteiger partial charge is 0.410 e. The number of piperidine rings is 1. The first-order valence-corrected chi connectivity index (χ1v) is 11.5. The van der Waals surface area contributed by atoms with Crippen molar-refractivity contribution in [3.63, 3.8) is 0 Å². The average Bonchev–Trinajstić information content (AvgIpc) is 3.30. The molecule has 4 rings (SSSR count). The normalized spacial score (nSPS) is 21.7. The molecule has 8 nitrogen and oxygen atoms in total. The summed E-state index contributed by atoms with van der Waals surface area (Å²) >= 11 is 1.59. The second kappa shape index (κ2) is 7.83. The number of aryl methyl sites for hydroxylation is 1. The third-order valence-electron chi connectivity index (χ3n) is 5.71. The summed E-state index contributed by atoms with van der Waals surface area (Å²) in [6.45, 7) is 8.60. The van der Waals surface area contributed by atoms with Crippen LogP contribution in [0, 0.1) is 12.8 Å². The summed E-state index contributed by atoms with van der Waals surface area (Å²) in [5.41, 5.74) is 0.392. The van der Waals surface area contributed by atoms with Crippen LogP contribution in [0.4, 0.5) is 4.79 Å². The van der Waals surface area contributed by atoms with Crippen molar-refractivity contribution in [3.05, 3.63) is 16.1 Å². The Hall–Kier alpha value is -2.16. The third kappa shape index (κ3) is 4.77. The second-order valence-corrected chi connectivity index (χ2v) is 10.5. The van der Waals surface area contributed by atoms with Gasteiger partial charge >= 0.3 is 6.09 Å². The van der Waals surface area contributed by atoms with Crippen molar-refractivity contribution in [2.24, 2.45) is 11.1 Å². The highest BCUT2D eigenvalue weighted by molar-refractivity contribution is 7.09. The summed E-state index contributed by atoms with van der Waals surface area (Å²) in [5.74, 6) is 0.277. The van der Waals surface area contributed by atoms with Gasteiger partial charge in [-0.2, -0.15) is 0 Å². The zero-order chi connectivity index (χ0) is 21.5. The highest BCUT2D eigenvalue weighted by atomic mass is 32.1. The average molecular weight is 435 g/mol. The fourth-order valence-corrected chi connectivity index (χ4v) is 4.82. The number of carbonyl (C=O) groups is 2. The highest BCUT2D eigenvalue weighted by Crippen LogP contribution is 2.42. The molecule has 2 amide bonds. The molecule has 164 valence electrons. The SMILES string of the molecule is Cc1csc([C@H](NC(=O)C2=NOC3(CCN(C(=O)OC(C)(C)C)CC3)C2)C2CC2)n1. The Morgan fingerprint density at radius 2 is 2.03 bits per heavy atom. The lowest BCUT2D eigenvalue weighted by Crippen LogP contribution is -2.48. The Morgan fingerprint density at radius 3 is 2.60 bits per heavy atom. The number of nitrogens with one attached hydrogen (secondary N) is 1. The van der Waals surface area contributed by atoms with Crippen LogP contribution >= 0.6 is 11.3 Å². The van der Waals surface area contributed by atoms with Crippen molar-refractivity contribution in [1.82, 2.24) is 15.2 Å². The van der Waals surface area contributed by atoms with E-state index in [1.807, 2.05) is 33.1 Å². The summed E-state index contributed by atoms with van der Waals surface area (Å²) in [4.78, 5) is 37.2. The van der Waals surface area contributed by atoms with Crippen molar-refractivity contribution >= 4 is 29.0 Å². The molecule has 0 radical (unpaired) electrons. The van der Waals surface area contributed by atoms with Gasteiger partial charge in [-0.15, -0.1) is 11.3 Å². The van der Waals surface area contributed by atoms with E-state index in [2.05, 4.69) is 15.5 Å². The maximum absolute atomic E-state index is 12.9. The number of likely N-dealkylation sites (tertiary alicyclic amines) is 1. The van der Waals surface area contributed by atoms with E-state index in [9.17, 15) is 9.59 Å².